The third kappa shape index (κ3) is 4.13. The second-order valence-corrected chi connectivity index (χ2v) is 6.86. The van der Waals surface area contributed by atoms with Gasteiger partial charge in [-0.2, -0.15) is 4.98 Å². The van der Waals surface area contributed by atoms with E-state index in [9.17, 15) is 0 Å². The Bertz CT molecular complexity index is 1120. The number of hydrogen-bond donors (Lipinski definition) is 2. The van der Waals surface area contributed by atoms with E-state index in [4.69, 9.17) is 4.74 Å². The number of hydrogen-bond acceptors (Lipinski definition) is 6. The number of rotatable bonds is 7. The molecule has 4 rings (SSSR count). The molecule has 2 aromatic heterocycles. The molecule has 0 amide bonds. The van der Waals surface area contributed by atoms with E-state index in [1.165, 1.54) is 5.56 Å². The highest BCUT2D eigenvalue weighted by atomic mass is 16.5. The van der Waals surface area contributed by atoms with Gasteiger partial charge in [0.15, 0.2) is 0 Å². The minimum atomic E-state index is 0.515. The van der Waals surface area contributed by atoms with Gasteiger partial charge in [-0.3, -0.25) is 5.32 Å². The first-order valence-electron chi connectivity index (χ1n) is 9.53. The summed E-state index contributed by atoms with van der Waals surface area (Å²) >= 11 is 0. The molecule has 0 atom stereocenters. The predicted molar refractivity (Wildman–Crippen MR) is 116 cm³/mol. The van der Waals surface area contributed by atoms with Crippen molar-refractivity contribution in [1.29, 1.82) is 0 Å². The second-order valence-electron chi connectivity index (χ2n) is 6.86. The summed E-state index contributed by atoms with van der Waals surface area (Å²) in [6, 6.07) is 16.1. The summed E-state index contributed by atoms with van der Waals surface area (Å²) in [7, 11) is 3.65. The quantitative estimate of drug-likeness (QED) is 0.497. The Balaban J connectivity index is 1.44. The van der Waals surface area contributed by atoms with Crippen molar-refractivity contribution in [3.05, 3.63) is 65.9 Å². The van der Waals surface area contributed by atoms with E-state index in [-0.39, 0.29) is 0 Å². The summed E-state index contributed by atoms with van der Waals surface area (Å²) < 4.78 is 7.20. The van der Waals surface area contributed by atoms with E-state index in [1.54, 1.807) is 7.11 Å². The number of methoxy groups -OCH3 is 1. The molecule has 2 aromatic carbocycles. The number of para-hydroxylation sites is 2. The predicted octanol–water partition coefficient (Wildman–Crippen LogP) is 4.08. The van der Waals surface area contributed by atoms with E-state index < -0.39 is 0 Å². The third-order valence-corrected chi connectivity index (χ3v) is 4.85. The van der Waals surface area contributed by atoms with Gasteiger partial charge < -0.3 is 14.6 Å². The highest BCUT2D eigenvalue weighted by Gasteiger charge is 2.10. The van der Waals surface area contributed by atoms with Gasteiger partial charge in [0.2, 0.25) is 11.9 Å². The summed E-state index contributed by atoms with van der Waals surface area (Å²) in [5.74, 6) is 2.90. The smallest absolute Gasteiger partial charge is 0.231 e. The van der Waals surface area contributed by atoms with Gasteiger partial charge in [-0.05, 0) is 43.2 Å². The lowest BCUT2D eigenvalue weighted by Crippen LogP contribution is -2.10. The molecule has 0 saturated carbocycles. The maximum atomic E-state index is 5.20. The summed E-state index contributed by atoms with van der Waals surface area (Å²) in [6.45, 7) is 2.77. The average molecular weight is 388 g/mol. The topological polar surface area (TPSA) is 76.9 Å². The first-order chi connectivity index (χ1) is 14.1. The lowest BCUT2D eigenvalue weighted by Gasteiger charge is -2.11. The Labute approximate surface area is 169 Å². The van der Waals surface area contributed by atoms with Crippen LogP contribution in [0.2, 0.25) is 0 Å². The van der Waals surface area contributed by atoms with Crippen LogP contribution < -0.4 is 15.4 Å². The summed E-state index contributed by atoms with van der Waals surface area (Å²) in [4.78, 5) is 13.6. The fourth-order valence-electron chi connectivity index (χ4n) is 3.16. The molecule has 0 aliphatic carbocycles. The Morgan fingerprint density at radius 3 is 2.59 bits per heavy atom. The maximum absolute atomic E-state index is 5.20. The molecule has 7 nitrogen and oxygen atoms in total. The molecule has 29 heavy (non-hydrogen) atoms. The van der Waals surface area contributed by atoms with Crippen molar-refractivity contribution in [2.75, 3.05) is 24.3 Å². The van der Waals surface area contributed by atoms with E-state index >= 15 is 0 Å². The van der Waals surface area contributed by atoms with Crippen LogP contribution in [0.4, 0.5) is 17.7 Å². The zero-order valence-electron chi connectivity index (χ0n) is 16.8. The van der Waals surface area contributed by atoms with Crippen LogP contribution in [0.25, 0.3) is 11.0 Å². The molecule has 2 N–H and O–H groups in total. The number of nitrogens with one attached hydrogen (secondary N) is 2. The Morgan fingerprint density at radius 2 is 1.83 bits per heavy atom. The molecule has 0 radical (unpaired) electrons. The molecule has 0 saturated heterocycles. The van der Waals surface area contributed by atoms with Crippen LogP contribution in [0.1, 0.15) is 11.1 Å². The van der Waals surface area contributed by atoms with Gasteiger partial charge in [0, 0.05) is 25.4 Å². The summed E-state index contributed by atoms with van der Waals surface area (Å²) in [6.07, 6.45) is 2.70. The third-order valence-electron chi connectivity index (χ3n) is 4.85. The number of anilines is 3. The maximum Gasteiger partial charge on any atom is 0.231 e. The number of ether oxygens (including phenoxy) is 1. The Kier molecular flexibility index (Phi) is 5.29. The van der Waals surface area contributed by atoms with Gasteiger partial charge in [-0.25, -0.2) is 9.97 Å². The number of aryl methyl sites for hydroxylation is 2. The van der Waals surface area contributed by atoms with Gasteiger partial charge in [0.1, 0.15) is 11.6 Å². The molecule has 0 fully saturated rings. The minimum Gasteiger partial charge on any atom is -0.497 e. The van der Waals surface area contributed by atoms with Gasteiger partial charge in [-0.1, -0.05) is 24.3 Å². The number of nitrogens with zero attached hydrogens (tertiary/aromatic N) is 4. The van der Waals surface area contributed by atoms with Gasteiger partial charge >= 0.3 is 0 Å². The molecule has 148 valence electrons. The van der Waals surface area contributed by atoms with Crippen molar-refractivity contribution in [2.24, 2.45) is 7.05 Å². The molecule has 0 aliphatic heterocycles. The number of aromatic nitrogens is 4. The number of benzene rings is 2. The highest BCUT2D eigenvalue weighted by molar-refractivity contribution is 5.79. The number of fused-ring (bicyclic) bond motifs is 1. The Hall–Kier alpha value is -3.61. The normalized spacial score (nSPS) is 10.9. The fraction of sp³-hybridized carbons (Fsp3) is 0.227. The van der Waals surface area contributed by atoms with Gasteiger partial charge in [0.25, 0.3) is 0 Å². The molecular weight excluding hydrogens is 364 g/mol. The number of imidazole rings is 1. The largest absolute Gasteiger partial charge is 0.497 e. The summed E-state index contributed by atoms with van der Waals surface area (Å²) in [5, 5.41) is 6.63. The molecule has 2 heterocycles. The first kappa shape index (κ1) is 18.7. The van der Waals surface area contributed by atoms with Crippen LogP contribution in [0.5, 0.6) is 5.75 Å². The van der Waals surface area contributed by atoms with Crippen molar-refractivity contribution in [2.45, 2.75) is 13.3 Å². The Morgan fingerprint density at radius 1 is 1.03 bits per heavy atom. The van der Waals surface area contributed by atoms with Gasteiger partial charge in [-0.15, -0.1) is 0 Å². The van der Waals surface area contributed by atoms with E-state index in [0.29, 0.717) is 11.9 Å². The molecule has 7 heteroatoms. The molecule has 0 unspecified atom stereocenters. The van der Waals surface area contributed by atoms with E-state index in [0.717, 1.165) is 41.1 Å². The lowest BCUT2D eigenvalue weighted by molar-refractivity contribution is 0.414. The van der Waals surface area contributed by atoms with Crippen molar-refractivity contribution < 1.29 is 4.74 Å². The van der Waals surface area contributed by atoms with Crippen molar-refractivity contribution in [3.8, 4) is 5.75 Å². The standard InChI is InChI=1S/C22H24N6O/c1-15-14-24-21(27-22-25-18-6-4-5-7-19(18)28(22)2)26-20(15)23-13-12-16-8-10-17(29-3)11-9-16/h4-11,14H,12-13H2,1-3H3,(H2,23,24,25,26,27). The van der Waals surface area contributed by atoms with Crippen molar-refractivity contribution in [1.82, 2.24) is 19.5 Å². The fourth-order valence-corrected chi connectivity index (χ4v) is 3.16. The van der Waals surface area contributed by atoms with Crippen LogP contribution in [0.15, 0.2) is 54.7 Å². The second kappa shape index (κ2) is 8.18. The monoisotopic (exact) mass is 388 g/mol. The van der Waals surface area contributed by atoms with Crippen LogP contribution in [-0.4, -0.2) is 33.2 Å². The van der Waals surface area contributed by atoms with Crippen LogP contribution in [0.3, 0.4) is 0 Å². The molecule has 4 aromatic rings. The lowest BCUT2D eigenvalue weighted by atomic mass is 10.1. The SMILES string of the molecule is COc1ccc(CCNc2nc(Nc3nc4ccccc4n3C)ncc2C)cc1. The van der Waals surface area contributed by atoms with Crippen LogP contribution >= 0.6 is 0 Å². The molecule has 0 bridgehead atoms. The highest BCUT2D eigenvalue weighted by Crippen LogP contribution is 2.21. The van der Waals surface area contributed by atoms with Crippen molar-refractivity contribution >= 4 is 28.7 Å². The van der Waals surface area contributed by atoms with E-state index in [2.05, 4.69) is 37.7 Å². The van der Waals surface area contributed by atoms with Crippen LogP contribution in [-0.2, 0) is 13.5 Å². The zero-order valence-corrected chi connectivity index (χ0v) is 16.8. The zero-order chi connectivity index (χ0) is 20.2. The minimum absolute atomic E-state index is 0.515. The van der Waals surface area contributed by atoms with E-state index in [1.807, 2.05) is 61.1 Å². The van der Waals surface area contributed by atoms with Gasteiger partial charge in [0.05, 0.1) is 18.1 Å². The average Bonchev–Trinajstić information content (AvgIpc) is 3.06. The van der Waals surface area contributed by atoms with Crippen molar-refractivity contribution in [3.63, 3.8) is 0 Å². The summed E-state index contributed by atoms with van der Waals surface area (Å²) in [5.41, 5.74) is 4.22. The molecular formula is C22H24N6O. The molecule has 0 aliphatic rings. The van der Waals surface area contributed by atoms with Crippen LogP contribution in [0, 0.1) is 6.92 Å². The molecule has 0 spiro atoms. The first-order valence-corrected chi connectivity index (χ1v) is 9.53.